The largest absolute Gasteiger partial charge is 0.466 e. The Morgan fingerprint density at radius 2 is 1.55 bits per heavy atom. The van der Waals surface area contributed by atoms with Gasteiger partial charge in [-0.15, -0.1) is 0 Å². The fraction of sp³-hybridized carbons (Fsp3) is 0.889. The van der Waals surface area contributed by atoms with Crippen LogP contribution in [0.3, 0.4) is 0 Å². The van der Waals surface area contributed by atoms with Crippen molar-refractivity contribution in [3.8, 4) is 0 Å². The van der Waals surface area contributed by atoms with Crippen LogP contribution in [0.2, 0.25) is 0 Å². The number of hydrogen-bond acceptors (Lipinski definition) is 4. The van der Waals surface area contributed by atoms with E-state index in [2.05, 4.69) is 27.7 Å². The first-order valence-electron chi connectivity index (χ1n) is 8.84. The van der Waals surface area contributed by atoms with Crippen molar-refractivity contribution >= 4 is 11.9 Å². The van der Waals surface area contributed by atoms with Gasteiger partial charge in [0.25, 0.3) is 0 Å². The lowest BCUT2D eigenvalue weighted by molar-refractivity contribution is -0.154. The van der Waals surface area contributed by atoms with Crippen molar-refractivity contribution in [3.63, 3.8) is 0 Å². The van der Waals surface area contributed by atoms with Crippen molar-refractivity contribution in [2.24, 2.45) is 5.92 Å². The number of carbonyl (C=O) groups is 2. The van der Waals surface area contributed by atoms with Crippen molar-refractivity contribution in [3.05, 3.63) is 0 Å². The monoisotopic (exact) mass is 314 g/mol. The van der Waals surface area contributed by atoms with Gasteiger partial charge in [-0.2, -0.15) is 0 Å². The number of ether oxygens (including phenoxy) is 2. The zero-order chi connectivity index (χ0) is 16.8. The molecule has 0 N–H and O–H groups in total. The molecule has 22 heavy (non-hydrogen) atoms. The number of unbranched alkanes of at least 4 members (excludes halogenated alkanes) is 1. The molecule has 0 spiro atoms. The average molecular weight is 314 g/mol. The molecule has 0 fully saturated rings. The summed E-state index contributed by atoms with van der Waals surface area (Å²) in [6.07, 6.45) is 7.13. The number of rotatable bonds is 13. The Bertz CT molecular complexity index is 299. The highest BCUT2D eigenvalue weighted by Gasteiger charge is 2.15. The molecule has 4 heteroatoms. The maximum absolute atomic E-state index is 11.8. The second kappa shape index (κ2) is 13.6. The summed E-state index contributed by atoms with van der Waals surface area (Å²) in [6.45, 7) is 8.94. The normalized spacial score (nSPS) is 12.2. The van der Waals surface area contributed by atoms with Crippen LogP contribution in [0.1, 0.15) is 85.5 Å². The first-order chi connectivity index (χ1) is 10.5. The molecule has 0 aliphatic rings. The van der Waals surface area contributed by atoms with Gasteiger partial charge in [-0.3, -0.25) is 9.59 Å². The first kappa shape index (κ1) is 20.9. The molecule has 1 unspecified atom stereocenters. The summed E-state index contributed by atoms with van der Waals surface area (Å²) in [5.74, 6) is 0.0299. The zero-order valence-electron chi connectivity index (χ0n) is 14.9. The van der Waals surface area contributed by atoms with E-state index in [1.807, 2.05) is 0 Å². The van der Waals surface area contributed by atoms with Crippen LogP contribution < -0.4 is 0 Å². The molecule has 0 aliphatic heterocycles. The number of esters is 2. The third kappa shape index (κ3) is 12.7. The molecule has 130 valence electrons. The van der Waals surface area contributed by atoms with Gasteiger partial charge in [-0.25, -0.2) is 0 Å². The second-order valence-corrected chi connectivity index (χ2v) is 6.30. The SMILES string of the molecule is CCCCC(CCC)OC(=O)CCC(=O)OCCCC(C)C. The summed E-state index contributed by atoms with van der Waals surface area (Å²) in [5, 5.41) is 0. The van der Waals surface area contributed by atoms with E-state index >= 15 is 0 Å². The molecule has 0 saturated carbocycles. The van der Waals surface area contributed by atoms with Gasteiger partial charge in [-0.05, 0) is 31.6 Å². The van der Waals surface area contributed by atoms with Gasteiger partial charge >= 0.3 is 11.9 Å². The fourth-order valence-electron chi connectivity index (χ4n) is 2.21. The standard InChI is InChI=1S/C18H34O4/c1-5-7-11-16(9-6-2)22-18(20)13-12-17(19)21-14-8-10-15(3)4/h15-16H,5-14H2,1-4H3. The van der Waals surface area contributed by atoms with Crippen molar-refractivity contribution in [1.82, 2.24) is 0 Å². The van der Waals surface area contributed by atoms with Gasteiger partial charge < -0.3 is 9.47 Å². The highest BCUT2D eigenvalue weighted by Crippen LogP contribution is 2.12. The van der Waals surface area contributed by atoms with E-state index in [0.29, 0.717) is 12.5 Å². The van der Waals surface area contributed by atoms with E-state index in [0.717, 1.165) is 44.9 Å². The summed E-state index contributed by atoms with van der Waals surface area (Å²) in [4.78, 5) is 23.3. The maximum Gasteiger partial charge on any atom is 0.306 e. The van der Waals surface area contributed by atoms with Crippen LogP contribution in [0.25, 0.3) is 0 Å². The Kier molecular flexibility index (Phi) is 12.9. The number of hydrogen-bond donors (Lipinski definition) is 0. The van der Waals surface area contributed by atoms with Crippen LogP contribution in [0.5, 0.6) is 0 Å². The van der Waals surface area contributed by atoms with Gasteiger partial charge in [0.05, 0.1) is 19.4 Å². The molecule has 0 aromatic heterocycles. The fourth-order valence-corrected chi connectivity index (χ4v) is 2.21. The Morgan fingerprint density at radius 3 is 2.14 bits per heavy atom. The molecule has 0 rings (SSSR count). The van der Waals surface area contributed by atoms with Gasteiger partial charge in [0.2, 0.25) is 0 Å². The molecular weight excluding hydrogens is 280 g/mol. The van der Waals surface area contributed by atoms with E-state index < -0.39 is 0 Å². The Morgan fingerprint density at radius 1 is 0.864 bits per heavy atom. The number of carbonyl (C=O) groups excluding carboxylic acids is 2. The molecule has 0 bridgehead atoms. The lowest BCUT2D eigenvalue weighted by Gasteiger charge is -2.16. The molecule has 1 atom stereocenters. The van der Waals surface area contributed by atoms with Crippen LogP contribution in [-0.2, 0) is 19.1 Å². The minimum Gasteiger partial charge on any atom is -0.466 e. The molecule has 0 saturated heterocycles. The van der Waals surface area contributed by atoms with Crippen molar-refractivity contribution in [2.75, 3.05) is 6.61 Å². The maximum atomic E-state index is 11.8. The minimum absolute atomic E-state index is 0.000452. The smallest absolute Gasteiger partial charge is 0.306 e. The van der Waals surface area contributed by atoms with Crippen LogP contribution >= 0.6 is 0 Å². The molecular formula is C18H34O4. The highest BCUT2D eigenvalue weighted by atomic mass is 16.5. The molecule has 0 amide bonds. The Balaban J connectivity index is 3.82. The van der Waals surface area contributed by atoms with Crippen molar-refractivity contribution in [2.45, 2.75) is 91.6 Å². The molecule has 0 aromatic carbocycles. The summed E-state index contributed by atoms with van der Waals surface area (Å²) < 4.78 is 10.6. The average Bonchev–Trinajstić information content (AvgIpc) is 2.47. The van der Waals surface area contributed by atoms with Crippen LogP contribution in [0.4, 0.5) is 0 Å². The van der Waals surface area contributed by atoms with E-state index in [9.17, 15) is 9.59 Å². The minimum atomic E-state index is -0.304. The Hall–Kier alpha value is -1.06. The molecule has 0 aliphatic carbocycles. The summed E-state index contributed by atoms with van der Waals surface area (Å²) in [7, 11) is 0. The zero-order valence-corrected chi connectivity index (χ0v) is 14.9. The molecule has 0 radical (unpaired) electrons. The van der Waals surface area contributed by atoms with Gasteiger partial charge in [0.1, 0.15) is 6.10 Å². The predicted octanol–water partition coefficient (Wildman–Crippen LogP) is 4.65. The third-order valence-electron chi connectivity index (χ3n) is 3.51. The van der Waals surface area contributed by atoms with Gasteiger partial charge in [-0.1, -0.05) is 47.0 Å². The van der Waals surface area contributed by atoms with E-state index in [4.69, 9.17) is 9.47 Å². The first-order valence-corrected chi connectivity index (χ1v) is 8.84. The highest BCUT2D eigenvalue weighted by molar-refractivity contribution is 5.77. The lowest BCUT2D eigenvalue weighted by Crippen LogP contribution is -2.19. The second-order valence-electron chi connectivity index (χ2n) is 6.30. The third-order valence-corrected chi connectivity index (χ3v) is 3.51. The van der Waals surface area contributed by atoms with E-state index in [1.165, 1.54) is 0 Å². The van der Waals surface area contributed by atoms with E-state index in [1.54, 1.807) is 0 Å². The van der Waals surface area contributed by atoms with Gasteiger partial charge in [0, 0.05) is 0 Å². The summed E-state index contributed by atoms with van der Waals surface area (Å²) in [5.41, 5.74) is 0. The topological polar surface area (TPSA) is 52.6 Å². The molecule has 0 aromatic rings. The van der Waals surface area contributed by atoms with Crippen LogP contribution in [-0.4, -0.2) is 24.6 Å². The molecule has 4 nitrogen and oxygen atoms in total. The van der Waals surface area contributed by atoms with Gasteiger partial charge in [0.15, 0.2) is 0 Å². The summed E-state index contributed by atoms with van der Waals surface area (Å²) in [6, 6.07) is 0. The molecule has 0 heterocycles. The lowest BCUT2D eigenvalue weighted by atomic mass is 10.1. The quantitative estimate of drug-likeness (QED) is 0.367. The van der Waals surface area contributed by atoms with Crippen LogP contribution in [0.15, 0.2) is 0 Å². The van der Waals surface area contributed by atoms with Crippen molar-refractivity contribution < 1.29 is 19.1 Å². The van der Waals surface area contributed by atoms with E-state index in [-0.39, 0.29) is 30.9 Å². The summed E-state index contributed by atoms with van der Waals surface area (Å²) >= 11 is 0. The Labute approximate surface area is 135 Å². The van der Waals surface area contributed by atoms with Crippen LogP contribution in [0, 0.1) is 5.92 Å². The predicted molar refractivity (Wildman–Crippen MR) is 88.6 cm³/mol. The van der Waals surface area contributed by atoms with Crippen molar-refractivity contribution in [1.29, 1.82) is 0 Å².